The Balaban J connectivity index is 2.47. The molecule has 160 valence electrons. The summed E-state index contributed by atoms with van der Waals surface area (Å²) in [5.41, 5.74) is 6.60. The molecule has 5 nitrogen and oxygen atoms in total. The van der Waals surface area contributed by atoms with Crippen molar-refractivity contribution in [2.45, 2.75) is 47.1 Å². The number of carbonyl (C=O) groups is 2. The Labute approximate surface area is 179 Å². The molecule has 1 atom stereocenters. The number of nitrogens with one attached hydrogen (secondary N) is 1. The zero-order valence-corrected chi connectivity index (χ0v) is 18.8. The van der Waals surface area contributed by atoms with Gasteiger partial charge in [-0.25, -0.2) is 5.01 Å². The predicted molar refractivity (Wildman–Crippen MR) is 121 cm³/mol. The third-order valence-electron chi connectivity index (χ3n) is 5.17. The summed E-state index contributed by atoms with van der Waals surface area (Å²) in [4.78, 5) is 26.7. The molecule has 0 heterocycles. The fraction of sp³-hybridized carbons (Fsp3) is 0.360. The third-order valence-corrected chi connectivity index (χ3v) is 5.17. The molecule has 0 aliphatic carbocycles. The van der Waals surface area contributed by atoms with Crippen LogP contribution in [0.1, 0.15) is 57.7 Å². The predicted octanol–water partition coefficient (Wildman–Crippen LogP) is 5.01. The molecule has 0 fully saturated rings. The number of methoxy groups -OCH3 is 1. The van der Waals surface area contributed by atoms with Crippen LogP contribution < -0.4 is 10.2 Å². The smallest absolute Gasteiger partial charge is 0.272 e. The highest BCUT2D eigenvalue weighted by atomic mass is 16.5. The molecule has 1 N–H and O–H groups in total. The van der Waals surface area contributed by atoms with Crippen LogP contribution in [0.4, 0.5) is 0 Å². The minimum absolute atomic E-state index is 0.115. The van der Waals surface area contributed by atoms with E-state index in [0.29, 0.717) is 23.3 Å². The number of aryl methyl sites for hydroxylation is 2. The highest BCUT2D eigenvalue weighted by molar-refractivity contribution is 6.00. The van der Waals surface area contributed by atoms with Crippen LogP contribution in [0.2, 0.25) is 0 Å². The lowest BCUT2D eigenvalue weighted by Gasteiger charge is -2.34. The Kier molecular flexibility index (Phi) is 7.81. The third kappa shape index (κ3) is 5.29. The Hall–Kier alpha value is -3.08. The molecule has 0 aliphatic heterocycles. The minimum atomic E-state index is -0.348. The summed E-state index contributed by atoms with van der Waals surface area (Å²) in [5.74, 6) is 0.154. The van der Waals surface area contributed by atoms with E-state index in [0.717, 1.165) is 16.7 Å². The van der Waals surface area contributed by atoms with Crippen LogP contribution in [-0.4, -0.2) is 30.0 Å². The maximum absolute atomic E-state index is 13.5. The van der Waals surface area contributed by atoms with Gasteiger partial charge in [0.1, 0.15) is 5.75 Å². The second-order valence-corrected chi connectivity index (χ2v) is 7.96. The Morgan fingerprint density at radius 3 is 2.30 bits per heavy atom. The van der Waals surface area contributed by atoms with Crippen molar-refractivity contribution in [3.05, 3.63) is 76.9 Å². The maximum Gasteiger partial charge on any atom is 0.272 e. The van der Waals surface area contributed by atoms with Crippen molar-refractivity contribution in [2.75, 3.05) is 7.11 Å². The number of amides is 2. The lowest BCUT2D eigenvalue weighted by atomic mass is 9.98. The van der Waals surface area contributed by atoms with Gasteiger partial charge in [0, 0.05) is 16.7 Å². The highest BCUT2D eigenvalue weighted by Gasteiger charge is 2.29. The summed E-state index contributed by atoms with van der Waals surface area (Å²) in [6.07, 6.45) is 2.33. The second-order valence-electron chi connectivity index (χ2n) is 7.96. The van der Waals surface area contributed by atoms with E-state index < -0.39 is 0 Å². The van der Waals surface area contributed by atoms with Crippen molar-refractivity contribution < 1.29 is 14.3 Å². The summed E-state index contributed by atoms with van der Waals surface area (Å²) < 4.78 is 5.33. The monoisotopic (exact) mass is 408 g/mol. The van der Waals surface area contributed by atoms with E-state index in [1.54, 1.807) is 31.4 Å². The van der Waals surface area contributed by atoms with Crippen LogP contribution in [0.3, 0.4) is 0 Å². The van der Waals surface area contributed by atoms with E-state index in [4.69, 9.17) is 4.74 Å². The number of hydrogen-bond donors (Lipinski definition) is 1. The normalized spacial score (nSPS) is 11.7. The van der Waals surface area contributed by atoms with Crippen LogP contribution in [0.5, 0.6) is 5.75 Å². The second kappa shape index (κ2) is 10.1. The summed E-state index contributed by atoms with van der Waals surface area (Å²) >= 11 is 0. The zero-order valence-electron chi connectivity index (χ0n) is 18.8. The molecular weight excluding hydrogens is 376 g/mol. The minimum Gasteiger partial charge on any atom is -0.496 e. The molecule has 30 heavy (non-hydrogen) atoms. The Bertz CT molecular complexity index is 914. The van der Waals surface area contributed by atoms with Crippen LogP contribution in [0, 0.1) is 26.7 Å². The van der Waals surface area contributed by atoms with Gasteiger partial charge >= 0.3 is 0 Å². The molecule has 2 aromatic carbocycles. The van der Waals surface area contributed by atoms with Gasteiger partial charge in [-0.1, -0.05) is 43.2 Å². The molecule has 0 unspecified atom stereocenters. The molecule has 2 rings (SSSR count). The molecule has 0 saturated heterocycles. The summed E-state index contributed by atoms with van der Waals surface area (Å²) in [7, 11) is 1.57. The van der Waals surface area contributed by atoms with Gasteiger partial charge in [0.2, 0.25) is 0 Å². The molecule has 5 heteroatoms. The summed E-state index contributed by atoms with van der Waals surface area (Å²) in [6, 6.07) is 10.8. The largest absolute Gasteiger partial charge is 0.496 e. The fourth-order valence-electron chi connectivity index (χ4n) is 3.62. The lowest BCUT2D eigenvalue weighted by molar-refractivity contribution is 0.0419. The Morgan fingerprint density at radius 2 is 1.77 bits per heavy atom. The summed E-state index contributed by atoms with van der Waals surface area (Å²) in [5, 5.41) is 1.46. The Morgan fingerprint density at radius 1 is 1.13 bits per heavy atom. The maximum atomic E-state index is 13.5. The summed E-state index contributed by atoms with van der Waals surface area (Å²) in [6.45, 7) is 13.6. The molecule has 2 amide bonds. The van der Waals surface area contributed by atoms with Crippen LogP contribution in [0.15, 0.2) is 49.1 Å². The van der Waals surface area contributed by atoms with Crippen molar-refractivity contribution in [3.8, 4) is 5.75 Å². The van der Waals surface area contributed by atoms with Gasteiger partial charge in [0.05, 0.1) is 13.2 Å². The molecule has 2 aromatic rings. The van der Waals surface area contributed by atoms with E-state index in [-0.39, 0.29) is 23.8 Å². The van der Waals surface area contributed by atoms with Crippen molar-refractivity contribution in [1.82, 2.24) is 10.4 Å². The molecule has 0 bridgehead atoms. The van der Waals surface area contributed by atoms with Crippen LogP contribution in [0.25, 0.3) is 0 Å². The number of benzene rings is 2. The van der Waals surface area contributed by atoms with Gasteiger partial charge in [-0.05, 0) is 57.4 Å². The van der Waals surface area contributed by atoms with Gasteiger partial charge in [-0.2, -0.15) is 0 Å². The van der Waals surface area contributed by atoms with E-state index >= 15 is 0 Å². The molecule has 0 saturated carbocycles. The SMILES string of the molecule is C=CC[C@H](C(C)C)N(NC(=O)c1cccc(OC)c1C)C(=O)c1cc(C)cc(C)c1. The molecular formula is C25H32N2O3. The fourth-order valence-corrected chi connectivity index (χ4v) is 3.62. The lowest BCUT2D eigenvalue weighted by Crippen LogP contribution is -2.53. The molecule has 0 radical (unpaired) electrons. The average Bonchev–Trinajstić information content (AvgIpc) is 2.69. The van der Waals surface area contributed by atoms with Crippen LogP contribution >= 0.6 is 0 Å². The van der Waals surface area contributed by atoms with E-state index in [2.05, 4.69) is 12.0 Å². The van der Waals surface area contributed by atoms with E-state index in [1.165, 1.54) is 5.01 Å². The van der Waals surface area contributed by atoms with Gasteiger partial charge in [0.25, 0.3) is 11.8 Å². The number of rotatable bonds is 7. The number of ether oxygens (including phenoxy) is 1. The van der Waals surface area contributed by atoms with Crippen molar-refractivity contribution >= 4 is 11.8 Å². The van der Waals surface area contributed by atoms with Gasteiger partial charge in [0.15, 0.2) is 0 Å². The van der Waals surface area contributed by atoms with Gasteiger partial charge < -0.3 is 4.74 Å². The zero-order chi connectivity index (χ0) is 22.4. The highest BCUT2D eigenvalue weighted by Crippen LogP contribution is 2.23. The van der Waals surface area contributed by atoms with Crippen molar-refractivity contribution in [2.24, 2.45) is 5.92 Å². The first kappa shape index (κ1) is 23.2. The van der Waals surface area contributed by atoms with Crippen molar-refractivity contribution in [3.63, 3.8) is 0 Å². The average molecular weight is 409 g/mol. The van der Waals surface area contributed by atoms with Crippen LogP contribution in [-0.2, 0) is 0 Å². The first-order valence-electron chi connectivity index (χ1n) is 10.2. The molecule has 0 spiro atoms. The number of hydrazine groups is 1. The van der Waals surface area contributed by atoms with Gasteiger partial charge in [-0.3, -0.25) is 15.0 Å². The van der Waals surface area contributed by atoms with Gasteiger partial charge in [-0.15, -0.1) is 6.58 Å². The number of hydrogen-bond acceptors (Lipinski definition) is 3. The van der Waals surface area contributed by atoms with E-state index in [1.807, 2.05) is 52.8 Å². The number of nitrogens with zero attached hydrogens (tertiary/aromatic N) is 1. The number of carbonyl (C=O) groups excluding carboxylic acids is 2. The molecule has 0 aromatic heterocycles. The first-order valence-corrected chi connectivity index (χ1v) is 10.2. The quantitative estimate of drug-likeness (QED) is 0.518. The molecule has 0 aliphatic rings. The standard InChI is InChI=1S/C25H32N2O3/c1-8-10-22(16(2)3)27(25(29)20-14-17(4)13-18(5)15-20)26-24(28)21-11-9-12-23(30-7)19(21)6/h8-9,11-16,22H,1,10H2,2-7H3,(H,26,28)/t22-/m1/s1. The topological polar surface area (TPSA) is 58.6 Å². The first-order chi connectivity index (χ1) is 14.2. The van der Waals surface area contributed by atoms with Crippen molar-refractivity contribution in [1.29, 1.82) is 0 Å². The van der Waals surface area contributed by atoms with E-state index in [9.17, 15) is 9.59 Å².